The molecule has 4 heteroatoms. The first kappa shape index (κ1) is 9.31. The summed E-state index contributed by atoms with van der Waals surface area (Å²) in [7, 11) is 0.787. The number of hydrogen-bond acceptors (Lipinski definition) is 3. The molecule has 0 fully saturated rings. The van der Waals surface area contributed by atoms with Crippen molar-refractivity contribution in [2.75, 3.05) is 7.11 Å². The lowest BCUT2D eigenvalue weighted by molar-refractivity contribution is 0.275. The van der Waals surface area contributed by atoms with Crippen molar-refractivity contribution in [3.63, 3.8) is 0 Å². The molecule has 1 aliphatic rings. The number of rotatable bonds is 2. The van der Waals surface area contributed by atoms with Gasteiger partial charge >= 0.3 is 7.12 Å². The lowest BCUT2D eigenvalue weighted by Crippen LogP contribution is -2.30. The maximum absolute atomic E-state index is 9.56. The summed E-state index contributed by atoms with van der Waals surface area (Å²) < 4.78 is 9.96. The van der Waals surface area contributed by atoms with E-state index in [2.05, 4.69) is 0 Å². The average molecular weight is 190 g/mol. The molecule has 0 radical (unpaired) electrons. The van der Waals surface area contributed by atoms with E-state index >= 15 is 0 Å². The Kier molecular flexibility index (Phi) is 2.57. The maximum Gasteiger partial charge on any atom is 0.492 e. The van der Waals surface area contributed by atoms with Gasteiger partial charge in [-0.2, -0.15) is 0 Å². The summed E-state index contributed by atoms with van der Waals surface area (Å²) in [4.78, 5) is 0. The van der Waals surface area contributed by atoms with Gasteiger partial charge in [0.25, 0.3) is 0 Å². The molecular weight excluding hydrogens is 179 g/mol. The fourth-order valence-electron chi connectivity index (χ4n) is 1.60. The van der Waals surface area contributed by atoms with E-state index in [0.29, 0.717) is 6.61 Å². The van der Waals surface area contributed by atoms with Crippen LogP contribution in [0.3, 0.4) is 0 Å². The predicted molar refractivity (Wildman–Crippen MR) is 54.9 cm³/mol. The molecule has 1 aromatic carbocycles. The first-order chi connectivity index (χ1) is 6.83. The quantitative estimate of drug-likeness (QED) is 0.545. The number of hydrogen-bond donors (Lipinski definition) is 1. The normalized spacial score (nSPS) is 14.9. The van der Waals surface area contributed by atoms with Crippen LogP contribution in [0.25, 0.3) is 6.08 Å². The molecule has 0 amide bonds. The highest BCUT2D eigenvalue weighted by Crippen LogP contribution is 2.13. The van der Waals surface area contributed by atoms with E-state index in [0.717, 1.165) is 16.6 Å². The van der Waals surface area contributed by atoms with Crippen LogP contribution in [0, 0.1) is 0 Å². The smallest absolute Gasteiger partial charge is 0.492 e. The molecular formula is C10H11BO3. The van der Waals surface area contributed by atoms with Crippen LogP contribution in [0.4, 0.5) is 0 Å². The molecule has 0 aromatic heterocycles. The van der Waals surface area contributed by atoms with Gasteiger partial charge in [0.1, 0.15) is 0 Å². The third kappa shape index (κ3) is 1.54. The Morgan fingerprint density at radius 2 is 2.43 bits per heavy atom. The van der Waals surface area contributed by atoms with Gasteiger partial charge in [0.05, 0.1) is 20.0 Å². The highest BCUT2D eigenvalue weighted by atomic mass is 16.5. The van der Waals surface area contributed by atoms with Gasteiger partial charge in [0, 0.05) is 0 Å². The molecule has 0 unspecified atom stereocenters. The van der Waals surface area contributed by atoms with E-state index in [1.165, 1.54) is 0 Å². The Morgan fingerprint density at radius 3 is 3.21 bits per heavy atom. The van der Waals surface area contributed by atoms with Gasteiger partial charge in [0.2, 0.25) is 0 Å². The van der Waals surface area contributed by atoms with Crippen molar-refractivity contribution < 1.29 is 14.4 Å². The van der Waals surface area contributed by atoms with E-state index in [-0.39, 0.29) is 0 Å². The first-order valence-corrected chi connectivity index (χ1v) is 4.43. The molecule has 0 atom stereocenters. The minimum Gasteiger partial charge on any atom is -0.504 e. The Balaban J connectivity index is 2.41. The Hall–Kier alpha value is -1.26. The number of methoxy groups -OCH3 is 1. The van der Waals surface area contributed by atoms with Crippen molar-refractivity contribution in [1.82, 2.24) is 0 Å². The highest BCUT2D eigenvalue weighted by molar-refractivity contribution is 6.62. The van der Waals surface area contributed by atoms with E-state index in [1.807, 2.05) is 24.3 Å². The van der Waals surface area contributed by atoms with Gasteiger partial charge in [-0.1, -0.05) is 18.2 Å². The van der Waals surface area contributed by atoms with Crippen molar-refractivity contribution in [3.05, 3.63) is 35.6 Å². The lowest BCUT2D eigenvalue weighted by Gasteiger charge is -2.02. The van der Waals surface area contributed by atoms with Crippen molar-refractivity contribution in [2.45, 2.75) is 6.61 Å². The van der Waals surface area contributed by atoms with Gasteiger partial charge in [-0.15, -0.1) is 0 Å². The molecule has 1 N–H and O–H groups in total. The zero-order valence-electron chi connectivity index (χ0n) is 7.93. The van der Waals surface area contributed by atoms with Crippen molar-refractivity contribution in [3.8, 4) is 0 Å². The molecule has 0 aliphatic carbocycles. The third-order valence-electron chi connectivity index (χ3n) is 2.26. The van der Waals surface area contributed by atoms with E-state index in [9.17, 15) is 5.02 Å². The summed E-state index contributed by atoms with van der Waals surface area (Å²) in [6.07, 6.45) is 3.40. The molecule has 0 saturated heterocycles. The van der Waals surface area contributed by atoms with Crippen LogP contribution >= 0.6 is 0 Å². The van der Waals surface area contributed by atoms with Gasteiger partial charge in [0.15, 0.2) is 0 Å². The third-order valence-corrected chi connectivity index (χ3v) is 2.26. The zero-order chi connectivity index (χ0) is 9.97. The summed E-state index contributed by atoms with van der Waals surface area (Å²) in [5.41, 5.74) is 2.82. The van der Waals surface area contributed by atoms with Gasteiger partial charge < -0.3 is 14.4 Å². The Morgan fingerprint density at radius 1 is 1.57 bits per heavy atom. The van der Waals surface area contributed by atoms with Gasteiger partial charge in [-0.25, -0.2) is 0 Å². The van der Waals surface area contributed by atoms with Crippen molar-refractivity contribution in [2.24, 2.45) is 0 Å². The summed E-state index contributed by atoms with van der Waals surface area (Å²) in [6, 6.07) is 5.82. The van der Waals surface area contributed by atoms with Crippen LogP contribution < -0.4 is 5.46 Å². The molecule has 0 saturated carbocycles. The first-order valence-electron chi connectivity index (χ1n) is 4.43. The van der Waals surface area contributed by atoms with E-state index < -0.39 is 7.12 Å². The second kappa shape index (κ2) is 3.86. The standard InChI is InChI=1S/C10H11BO3/c1-13-6-5-8-3-2-4-9-7-14-11(12)10(8)9/h2-6,12H,7H2,1H3. The van der Waals surface area contributed by atoms with Crippen LogP contribution in [-0.4, -0.2) is 19.3 Å². The van der Waals surface area contributed by atoms with Crippen molar-refractivity contribution >= 4 is 18.7 Å². The van der Waals surface area contributed by atoms with Gasteiger partial charge in [-0.3, -0.25) is 0 Å². The fourth-order valence-corrected chi connectivity index (χ4v) is 1.60. The number of fused-ring (bicyclic) bond motifs is 1. The van der Waals surface area contributed by atoms with Crippen LogP contribution in [0.15, 0.2) is 24.5 Å². The zero-order valence-corrected chi connectivity index (χ0v) is 7.93. The average Bonchev–Trinajstić information content (AvgIpc) is 2.58. The topological polar surface area (TPSA) is 38.7 Å². The molecule has 14 heavy (non-hydrogen) atoms. The minimum atomic E-state index is -0.803. The Labute approximate surface area is 83.1 Å². The molecule has 1 aromatic rings. The summed E-state index contributed by atoms with van der Waals surface area (Å²) >= 11 is 0. The molecule has 0 spiro atoms. The van der Waals surface area contributed by atoms with Crippen LogP contribution in [0.5, 0.6) is 0 Å². The molecule has 2 rings (SSSR count). The lowest BCUT2D eigenvalue weighted by atomic mass is 9.76. The van der Waals surface area contributed by atoms with Crippen LogP contribution in [0.1, 0.15) is 11.1 Å². The molecule has 0 bridgehead atoms. The molecule has 1 heterocycles. The van der Waals surface area contributed by atoms with Crippen LogP contribution in [-0.2, 0) is 16.0 Å². The van der Waals surface area contributed by atoms with E-state index in [4.69, 9.17) is 9.39 Å². The second-order valence-electron chi connectivity index (χ2n) is 3.12. The monoisotopic (exact) mass is 190 g/mol. The fraction of sp³-hybridized carbons (Fsp3) is 0.200. The molecule has 72 valence electrons. The molecule has 1 aliphatic heterocycles. The second-order valence-corrected chi connectivity index (χ2v) is 3.12. The van der Waals surface area contributed by atoms with Gasteiger partial charge in [-0.05, 0) is 22.7 Å². The maximum atomic E-state index is 9.56. The minimum absolute atomic E-state index is 0.477. The SMILES string of the molecule is COC=Cc1cccc2c1B(O)OC2. The predicted octanol–water partition coefficient (Wildman–Crippen LogP) is 0.521. The van der Waals surface area contributed by atoms with Crippen LogP contribution in [0.2, 0.25) is 0 Å². The molecule has 3 nitrogen and oxygen atoms in total. The largest absolute Gasteiger partial charge is 0.504 e. The van der Waals surface area contributed by atoms with E-state index in [1.54, 1.807) is 13.4 Å². The summed E-state index contributed by atoms with van der Waals surface area (Å²) in [6.45, 7) is 0.477. The Bertz CT molecular complexity index is 362. The van der Waals surface area contributed by atoms with Crippen molar-refractivity contribution in [1.29, 1.82) is 0 Å². The summed E-state index contributed by atoms with van der Waals surface area (Å²) in [5, 5.41) is 9.56. The highest BCUT2D eigenvalue weighted by Gasteiger charge is 2.28. The summed E-state index contributed by atoms with van der Waals surface area (Å²) in [5.74, 6) is 0. The number of benzene rings is 1. The number of ether oxygens (including phenoxy) is 1.